The fourth-order valence-electron chi connectivity index (χ4n) is 2.96. The van der Waals surface area contributed by atoms with Gasteiger partial charge in [0.2, 0.25) is 0 Å². The normalized spacial score (nSPS) is 15.7. The van der Waals surface area contributed by atoms with Crippen molar-refractivity contribution in [1.82, 2.24) is 9.88 Å². The largest absolute Gasteiger partial charge is 0.395 e. The van der Waals surface area contributed by atoms with Crippen LogP contribution in [0.1, 0.15) is 49.4 Å². The molecule has 0 saturated heterocycles. The maximum absolute atomic E-state index is 12.7. The smallest absolute Gasteiger partial charge is 0.254 e. The van der Waals surface area contributed by atoms with Crippen LogP contribution in [0.2, 0.25) is 0 Å². The number of carbonyl (C=O) groups excluding carboxylic acids is 1. The number of amides is 1. The maximum Gasteiger partial charge on any atom is 0.254 e. The van der Waals surface area contributed by atoms with Gasteiger partial charge in [-0.2, -0.15) is 0 Å². The van der Waals surface area contributed by atoms with Crippen molar-refractivity contribution in [3.63, 3.8) is 0 Å². The second-order valence-electron chi connectivity index (χ2n) is 5.47. The lowest BCUT2D eigenvalue weighted by molar-refractivity contribution is 0.0585. The fourth-order valence-corrected chi connectivity index (χ4v) is 2.96. The van der Waals surface area contributed by atoms with Crippen molar-refractivity contribution < 1.29 is 9.90 Å². The Morgan fingerprint density at radius 2 is 2.19 bits per heavy atom. The summed E-state index contributed by atoms with van der Waals surface area (Å²) in [4.78, 5) is 18.8. The Hall–Kier alpha value is -1.62. The minimum absolute atomic E-state index is 0.00231. The van der Waals surface area contributed by atoms with Crippen molar-refractivity contribution in [1.29, 1.82) is 0 Å². The molecule has 2 N–H and O–H groups in total. The summed E-state index contributed by atoms with van der Waals surface area (Å²) in [6.45, 7) is 3.18. The molecular formula is C16H25N3O2. The van der Waals surface area contributed by atoms with E-state index in [1.807, 2.05) is 11.8 Å². The molecule has 0 spiro atoms. The van der Waals surface area contributed by atoms with Gasteiger partial charge in [-0.15, -0.1) is 0 Å². The molecule has 5 heteroatoms. The maximum atomic E-state index is 12.7. The van der Waals surface area contributed by atoms with Crippen molar-refractivity contribution >= 4 is 11.7 Å². The molecule has 0 aromatic carbocycles. The van der Waals surface area contributed by atoms with Gasteiger partial charge in [0.1, 0.15) is 5.82 Å². The first kappa shape index (κ1) is 15.8. The predicted octanol–water partition coefficient (Wildman–Crippen LogP) is 2.28. The van der Waals surface area contributed by atoms with Crippen molar-refractivity contribution in [2.24, 2.45) is 0 Å². The van der Waals surface area contributed by atoms with E-state index in [4.69, 9.17) is 0 Å². The number of aromatic nitrogens is 1. The van der Waals surface area contributed by atoms with E-state index in [0.29, 0.717) is 12.1 Å². The third-order valence-electron chi connectivity index (χ3n) is 3.98. The van der Waals surface area contributed by atoms with E-state index in [1.165, 1.54) is 19.3 Å². The zero-order chi connectivity index (χ0) is 15.1. The van der Waals surface area contributed by atoms with Crippen LogP contribution >= 0.6 is 0 Å². The molecule has 0 unspecified atom stereocenters. The third-order valence-corrected chi connectivity index (χ3v) is 3.98. The highest BCUT2D eigenvalue weighted by Crippen LogP contribution is 2.24. The molecule has 1 aromatic rings. The van der Waals surface area contributed by atoms with Gasteiger partial charge in [0.05, 0.1) is 6.61 Å². The first-order valence-corrected chi connectivity index (χ1v) is 7.88. The lowest BCUT2D eigenvalue weighted by Crippen LogP contribution is -2.43. The van der Waals surface area contributed by atoms with Crippen LogP contribution in [0.3, 0.4) is 0 Å². The Morgan fingerprint density at radius 1 is 1.43 bits per heavy atom. The Bertz CT molecular complexity index is 459. The van der Waals surface area contributed by atoms with Crippen LogP contribution in [-0.4, -0.2) is 46.6 Å². The molecule has 0 bridgehead atoms. The summed E-state index contributed by atoms with van der Waals surface area (Å²) < 4.78 is 0. The lowest BCUT2D eigenvalue weighted by atomic mass is 9.93. The summed E-state index contributed by atoms with van der Waals surface area (Å²) in [5.41, 5.74) is 0.639. The third kappa shape index (κ3) is 4.17. The van der Waals surface area contributed by atoms with Gasteiger partial charge in [0.15, 0.2) is 0 Å². The molecule has 1 aliphatic carbocycles. The molecular weight excluding hydrogens is 266 g/mol. The van der Waals surface area contributed by atoms with Crippen LogP contribution in [0.25, 0.3) is 0 Å². The Morgan fingerprint density at radius 3 is 2.86 bits per heavy atom. The molecule has 116 valence electrons. The van der Waals surface area contributed by atoms with Crippen LogP contribution < -0.4 is 5.32 Å². The predicted molar refractivity (Wildman–Crippen MR) is 83.4 cm³/mol. The summed E-state index contributed by atoms with van der Waals surface area (Å²) >= 11 is 0. The fraction of sp³-hybridized carbons (Fsp3) is 0.625. The number of aliphatic hydroxyl groups excluding tert-OH is 1. The van der Waals surface area contributed by atoms with Crippen LogP contribution in [0.5, 0.6) is 0 Å². The molecule has 0 atom stereocenters. The summed E-state index contributed by atoms with van der Waals surface area (Å²) in [7, 11) is 0. The topological polar surface area (TPSA) is 65.5 Å². The summed E-state index contributed by atoms with van der Waals surface area (Å²) in [5.74, 6) is 0.716. The van der Waals surface area contributed by atoms with E-state index in [0.717, 1.165) is 25.2 Å². The van der Waals surface area contributed by atoms with Gasteiger partial charge < -0.3 is 15.3 Å². The molecule has 1 heterocycles. The van der Waals surface area contributed by atoms with Crippen LogP contribution in [-0.2, 0) is 0 Å². The van der Waals surface area contributed by atoms with Crippen molar-refractivity contribution in [3.05, 3.63) is 23.9 Å². The summed E-state index contributed by atoms with van der Waals surface area (Å²) in [6, 6.07) is 3.80. The standard InChI is InChI=1S/C16H25N3O2/c1-2-17-15-12-13(8-9-18-15)16(21)19(10-11-20)14-6-4-3-5-7-14/h8-9,12,14,20H,2-7,10-11H2,1H3,(H,17,18). The quantitative estimate of drug-likeness (QED) is 0.844. The van der Waals surface area contributed by atoms with E-state index in [9.17, 15) is 9.90 Å². The molecule has 5 nitrogen and oxygen atoms in total. The molecule has 1 saturated carbocycles. The first-order valence-electron chi connectivity index (χ1n) is 7.88. The minimum Gasteiger partial charge on any atom is -0.395 e. The second-order valence-corrected chi connectivity index (χ2v) is 5.47. The minimum atomic E-state index is -0.00231. The number of hydrogen-bond donors (Lipinski definition) is 2. The Kier molecular flexibility index (Phi) is 5.99. The molecule has 1 aliphatic rings. The Labute approximate surface area is 126 Å². The van der Waals surface area contributed by atoms with Crippen molar-refractivity contribution in [3.8, 4) is 0 Å². The molecule has 1 amide bonds. The van der Waals surface area contributed by atoms with Crippen LogP contribution in [0.15, 0.2) is 18.3 Å². The average molecular weight is 291 g/mol. The van der Waals surface area contributed by atoms with E-state index in [-0.39, 0.29) is 18.6 Å². The highest BCUT2D eigenvalue weighted by Gasteiger charge is 2.26. The van der Waals surface area contributed by atoms with Gasteiger partial charge in [0, 0.05) is 30.9 Å². The zero-order valence-electron chi connectivity index (χ0n) is 12.7. The zero-order valence-corrected chi connectivity index (χ0v) is 12.7. The van der Waals surface area contributed by atoms with E-state index < -0.39 is 0 Å². The number of anilines is 1. The number of nitrogens with one attached hydrogen (secondary N) is 1. The van der Waals surface area contributed by atoms with E-state index in [2.05, 4.69) is 10.3 Å². The number of pyridine rings is 1. The summed E-state index contributed by atoms with van der Waals surface area (Å²) in [6.07, 6.45) is 7.31. The van der Waals surface area contributed by atoms with Gasteiger partial charge in [0.25, 0.3) is 5.91 Å². The highest BCUT2D eigenvalue weighted by molar-refractivity contribution is 5.95. The molecule has 0 radical (unpaired) electrons. The molecule has 1 fully saturated rings. The average Bonchev–Trinajstić information content (AvgIpc) is 2.53. The molecule has 2 rings (SSSR count). The van der Waals surface area contributed by atoms with Gasteiger partial charge in [-0.25, -0.2) is 4.98 Å². The van der Waals surface area contributed by atoms with Crippen molar-refractivity contribution in [2.45, 2.75) is 45.1 Å². The van der Waals surface area contributed by atoms with Crippen molar-refractivity contribution in [2.75, 3.05) is 25.0 Å². The summed E-state index contributed by atoms with van der Waals surface area (Å²) in [5, 5.41) is 12.4. The Balaban J connectivity index is 2.14. The molecule has 21 heavy (non-hydrogen) atoms. The van der Waals surface area contributed by atoms with Crippen LogP contribution in [0.4, 0.5) is 5.82 Å². The van der Waals surface area contributed by atoms with Gasteiger partial charge >= 0.3 is 0 Å². The number of aliphatic hydroxyl groups is 1. The van der Waals surface area contributed by atoms with Gasteiger partial charge in [-0.1, -0.05) is 19.3 Å². The first-order chi connectivity index (χ1) is 10.3. The molecule has 1 aromatic heterocycles. The number of carbonyl (C=O) groups is 1. The highest BCUT2D eigenvalue weighted by atomic mass is 16.3. The number of hydrogen-bond acceptors (Lipinski definition) is 4. The van der Waals surface area contributed by atoms with Gasteiger partial charge in [-0.3, -0.25) is 4.79 Å². The lowest BCUT2D eigenvalue weighted by Gasteiger charge is -2.34. The second kappa shape index (κ2) is 7.98. The monoisotopic (exact) mass is 291 g/mol. The number of nitrogens with zero attached hydrogens (tertiary/aromatic N) is 2. The van der Waals surface area contributed by atoms with E-state index in [1.54, 1.807) is 18.3 Å². The number of rotatable bonds is 6. The van der Waals surface area contributed by atoms with Gasteiger partial charge in [-0.05, 0) is 31.9 Å². The molecule has 0 aliphatic heterocycles. The van der Waals surface area contributed by atoms with E-state index >= 15 is 0 Å². The SMILES string of the molecule is CCNc1cc(C(=O)N(CCO)C2CCCCC2)ccn1. The van der Waals surface area contributed by atoms with Crippen LogP contribution in [0, 0.1) is 0 Å².